The minimum absolute atomic E-state index is 0.264. The van der Waals surface area contributed by atoms with E-state index in [1.54, 1.807) is 0 Å². The molecule has 0 spiro atoms. The number of rotatable bonds is 2. The Morgan fingerprint density at radius 3 is 2.78 bits per heavy atom. The van der Waals surface area contributed by atoms with Gasteiger partial charge in [0.05, 0.1) is 12.9 Å². The third-order valence-corrected chi connectivity index (χ3v) is 0.908. The topological polar surface area (TPSA) is 17.8 Å². The van der Waals surface area contributed by atoms with Crippen molar-refractivity contribution in [3.05, 3.63) is 18.7 Å². The molecule has 0 fully saturated rings. The van der Waals surface area contributed by atoms with Gasteiger partial charge in [0.1, 0.15) is 0 Å². The molecule has 0 atom stereocenters. The summed E-state index contributed by atoms with van der Waals surface area (Å²) in [5, 5.41) is 0. The summed E-state index contributed by atoms with van der Waals surface area (Å²) >= 11 is 0. The number of hydrogen-bond donors (Lipinski definition) is 0. The van der Waals surface area contributed by atoms with E-state index in [0.29, 0.717) is 0 Å². The molecular weight excluding hydrogens is 126 g/mol. The second kappa shape index (κ2) is 2.57. The zero-order chi connectivity index (χ0) is 6.69. The van der Waals surface area contributed by atoms with Gasteiger partial charge in [-0.15, -0.1) is 0 Å². The predicted octanol–water partition coefficient (Wildman–Crippen LogP) is 1.15. The first-order valence-electron chi connectivity index (χ1n) is 2.53. The summed E-state index contributed by atoms with van der Waals surface area (Å²) in [6.07, 6.45) is 2.06. The number of hydrogen-bond acceptors (Lipinski definition) is 1. The highest BCUT2D eigenvalue weighted by atomic mass is 19.3. The number of imidazole rings is 1. The van der Waals surface area contributed by atoms with Crippen molar-refractivity contribution in [2.45, 2.75) is 13.0 Å². The lowest BCUT2D eigenvalue weighted by atomic mass is 10.6. The molecule has 50 valence electrons. The quantitative estimate of drug-likeness (QED) is 0.590. The first-order chi connectivity index (χ1) is 4.29. The van der Waals surface area contributed by atoms with Crippen molar-refractivity contribution in [1.29, 1.82) is 0 Å². The normalized spacial score (nSPS) is 10.6. The second-order valence-electron chi connectivity index (χ2n) is 1.65. The van der Waals surface area contributed by atoms with Crippen molar-refractivity contribution in [2.24, 2.45) is 0 Å². The van der Waals surface area contributed by atoms with Gasteiger partial charge >= 0.3 is 0 Å². The lowest BCUT2D eigenvalue weighted by Crippen LogP contribution is -2.03. The van der Waals surface area contributed by atoms with Gasteiger partial charge in [-0.1, -0.05) is 0 Å². The molecule has 1 rings (SSSR count). The first kappa shape index (κ1) is 6.19. The molecule has 2 nitrogen and oxygen atoms in total. The van der Waals surface area contributed by atoms with Crippen LogP contribution >= 0.6 is 0 Å². The molecule has 0 N–H and O–H groups in total. The van der Waals surface area contributed by atoms with Crippen LogP contribution < -0.4 is 0 Å². The lowest BCUT2D eigenvalue weighted by Gasteiger charge is -1.97. The zero-order valence-electron chi connectivity index (χ0n) is 4.67. The van der Waals surface area contributed by atoms with Crippen molar-refractivity contribution in [1.82, 2.24) is 9.55 Å². The molecule has 0 aromatic carbocycles. The Hall–Kier alpha value is -0.930. The van der Waals surface area contributed by atoms with Gasteiger partial charge in [-0.2, -0.15) is 0 Å². The molecule has 0 saturated heterocycles. The highest BCUT2D eigenvalue weighted by Gasteiger charge is 2.00. The Morgan fingerprint density at radius 2 is 2.33 bits per heavy atom. The lowest BCUT2D eigenvalue weighted by molar-refractivity contribution is 0.126. The molecule has 0 unspecified atom stereocenters. The van der Waals surface area contributed by atoms with E-state index in [1.807, 2.05) is 0 Å². The Kier molecular flexibility index (Phi) is 1.77. The van der Waals surface area contributed by atoms with Crippen LogP contribution in [-0.4, -0.2) is 16.0 Å². The van der Waals surface area contributed by atoms with Crippen LogP contribution in [0.2, 0.25) is 0 Å². The van der Waals surface area contributed by atoms with Crippen LogP contribution in [-0.2, 0) is 6.54 Å². The van der Waals surface area contributed by atoms with Crippen molar-refractivity contribution >= 4 is 0 Å². The van der Waals surface area contributed by atoms with Crippen molar-refractivity contribution in [2.75, 3.05) is 0 Å². The van der Waals surface area contributed by atoms with Gasteiger partial charge in [-0.3, -0.25) is 0 Å². The van der Waals surface area contributed by atoms with Gasteiger partial charge in [-0.25, -0.2) is 13.8 Å². The van der Waals surface area contributed by atoms with Gasteiger partial charge in [0.2, 0.25) is 0 Å². The maximum atomic E-state index is 11.5. The molecule has 0 aliphatic rings. The van der Waals surface area contributed by atoms with Crippen LogP contribution in [0.5, 0.6) is 0 Å². The smallest absolute Gasteiger partial charge is 0.256 e. The summed E-state index contributed by atoms with van der Waals surface area (Å²) < 4.78 is 24.4. The molecule has 0 amide bonds. The molecule has 1 aromatic heterocycles. The summed E-state index contributed by atoms with van der Waals surface area (Å²) in [6, 6.07) is 0. The predicted molar refractivity (Wildman–Crippen MR) is 28.2 cm³/mol. The monoisotopic (exact) mass is 132 g/mol. The van der Waals surface area contributed by atoms with Crippen LogP contribution in [0.4, 0.5) is 8.78 Å². The van der Waals surface area contributed by atoms with E-state index in [1.165, 1.54) is 23.3 Å². The van der Waals surface area contributed by atoms with E-state index in [4.69, 9.17) is 0 Å². The average Bonchev–Trinajstić information content (AvgIpc) is 2.15. The molecule has 1 aromatic rings. The second-order valence-corrected chi connectivity index (χ2v) is 1.65. The molecule has 0 aliphatic carbocycles. The highest BCUT2D eigenvalue weighted by molar-refractivity contribution is 4.73. The SMILES string of the molecule is FC(F)Cn1ccnc1. The molecule has 4 heteroatoms. The van der Waals surface area contributed by atoms with Gasteiger partial charge in [0, 0.05) is 12.4 Å². The largest absolute Gasteiger partial charge is 0.332 e. The van der Waals surface area contributed by atoms with E-state index in [9.17, 15) is 8.78 Å². The van der Waals surface area contributed by atoms with Crippen LogP contribution in [0.3, 0.4) is 0 Å². The van der Waals surface area contributed by atoms with E-state index >= 15 is 0 Å². The molecule has 1 heterocycles. The maximum Gasteiger partial charge on any atom is 0.256 e. The summed E-state index contributed by atoms with van der Waals surface area (Å²) in [5.74, 6) is 0. The number of halogens is 2. The summed E-state index contributed by atoms with van der Waals surface area (Å²) in [7, 11) is 0. The third kappa shape index (κ3) is 1.79. The number of alkyl halides is 2. The minimum Gasteiger partial charge on any atom is -0.332 e. The van der Waals surface area contributed by atoms with Gasteiger partial charge < -0.3 is 4.57 Å². The highest BCUT2D eigenvalue weighted by Crippen LogP contribution is 1.96. The Labute approximate surface area is 51.1 Å². The van der Waals surface area contributed by atoms with Crippen LogP contribution in [0.15, 0.2) is 18.7 Å². The Morgan fingerprint density at radius 1 is 1.56 bits per heavy atom. The average molecular weight is 132 g/mol. The zero-order valence-corrected chi connectivity index (χ0v) is 4.67. The van der Waals surface area contributed by atoms with Crippen molar-refractivity contribution in [3.8, 4) is 0 Å². The molecule has 0 saturated carbocycles. The molecule has 0 aliphatic heterocycles. The fraction of sp³-hybridized carbons (Fsp3) is 0.400. The van der Waals surface area contributed by atoms with E-state index in [2.05, 4.69) is 4.98 Å². The number of aromatic nitrogens is 2. The standard InChI is InChI=1S/C5H6F2N2/c6-5(7)3-9-2-1-8-4-9/h1-2,4-5H,3H2. The van der Waals surface area contributed by atoms with Crippen molar-refractivity contribution < 1.29 is 8.78 Å². The summed E-state index contributed by atoms with van der Waals surface area (Å²) in [5.41, 5.74) is 0. The first-order valence-corrected chi connectivity index (χ1v) is 2.53. The van der Waals surface area contributed by atoms with E-state index in [-0.39, 0.29) is 6.54 Å². The Bertz CT molecular complexity index is 159. The van der Waals surface area contributed by atoms with Crippen LogP contribution in [0, 0.1) is 0 Å². The fourth-order valence-electron chi connectivity index (χ4n) is 0.554. The van der Waals surface area contributed by atoms with Gasteiger partial charge in [0.25, 0.3) is 6.43 Å². The van der Waals surface area contributed by atoms with E-state index < -0.39 is 6.43 Å². The maximum absolute atomic E-state index is 11.5. The van der Waals surface area contributed by atoms with E-state index in [0.717, 1.165) is 0 Å². The van der Waals surface area contributed by atoms with Gasteiger partial charge in [-0.05, 0) is 0 Å². The molecular formula is C5H6F2N2. The molecule has 0 radical (unpaired) electrons. The minimum atomic E-state index is -2.29. The molecule has 0 bridgehead atoms. The molecule has 9 heavy (non-hydrogen) atoms. The summed E-state index contributed by atoms with van der Waals surface area (Å²) in [6.45, 7) is -0.264. The van der Waals surface area contributed by atoms with Gasteiger partial charge in [0.15, 0.2) is 0 Å². The van der Waals surface area contributed by atoms with Crippen molar-refractivity contribution in [3.63, 3.8) is 0 Å². The summed E-state index contributed by atoms with van der Waals surface area (Å²) in [4.78, 5) is 3.60. The Balaban J connectivity index is 2.48. The van der Waals surface area contributed by atoms with Crippen LogP contribution in [0.25, 0.3) is 0 Å². The fourth-order valence-corrected chi connectivity index (χ4v) is 0.554. The van der Waals surface area contributed by atoms with Crippen LogP contribution in [0.1, 0.15) is 0 Å². The third-order valence-electron chi connectivity index (χ3n) is 0.908. The number of nitrogens with zero attached hydrogens (tertiary/aromatic N) is 2.